The van der Waals surface area contributed by atoms with Crippen LogP contribution in [0.1, 0.15) is 5.56 Å². The van der Waals surface area contributed by atoms with Gasteiger partial charge in [0.25, 0.3) is 5.91 Å². The Kier molecular flexibility index (Phi) is 2.52. The number of para-hydroxylation sites is 1. The fourth-order valence-electron chi connectivity index (χ4n) is 3.56. The van der Waals surface area contributed by atoms with Crippen LogP contribution < -0.4 is 10.1 Å². The number of likely N-dealkylation sites (tertiary alicyclic amines) is 1. The zero-order chi connectivity index (χ0) is 12.8. The number of amides is 1. The molecule has 3 atom stereocenters. The summed E-state index contributed by atoms with van der Waals surface area (Å²) in [6.45, 7) is 3.90. The Morgan fingerprint density at radius 2 is 1.95 bits per heavy atom. The molecule has 0 aromatic heterocycles. The molecule has 4 heteroatoms. The van der Waals surface area contributed by atoms with Crippen molar-refractivity contribution in [1.29, 1.82) is 0 Å². The summed E-state index contributed by atoms with van der Waals surface area (Å²) in [5.74, 6) is 2.34. The van der Waals surface area contributed by atoms with Crippen LogP contribution in [0.25, 0.3) is 0 Å². The van der Waals surface area contributed by atoms with E-state index in [1.165, 1.54) is 0 Å². The first-order valence-electron chi connectivity index (χ1n) is 7.05. The Balaban J connectivity index is 1.46. The summed E-state index contributed by atoms with van der Waals surface area (Å²) < 4.78 is 5.80. The molecule has 0 bridgehead atoms. The van der Waals surface area contributed by atoms with E-state index in [9.17, 15) is 4.79 Å². The lowest BCUT2D eigenvalue weighted by atomic mass is 10.0. The van der Waals surface area contributed by atoms with Gasteiger partial charge in [0.2, 0.25) is 0 Å². The summed E-state index contributed by atoms with van der Waals surface area (Å²) in [6, 6.07) is 7.95. The van der Waals surface area contributed by atoms with Gasteiger partial charge in [-0.25, -0.2) is 0 Å². The van der Waals surface area contributed by atoms with Crippen molar-refractivity contribution in [2.45, 2.75) is 12.5 Å². The standard InChI is InChI=1S/C15H18N2O2/c18-15(17-8-11-6-16-7-12(11)9-17)14-5-10-3-1-2-4-13(10)19-14/h1-4,11-12,14,16H,5-9H2/t11-,12+,14?. The molecule has 2 saturated heterocycles. The maximum absolute atomic E-state index is 12.5. The lowest BCUT2D eigenvalue weighted by Gasteiger charge is -2.21. The summed E-state index contributed by atoms with van der Waals surface area (Å²) >= 11 is 0. The Morgan fingerprint density at radius 1 is 1.21 bits per heavy atom. The first-order valence-corrected chi connectivity index (χ1v) is 7.05. The topological polar surface area (TPSA) is 41.6 Å². The van der Waals surface area contributed by atoms with Crippen molar-refractivity contribution in [2.24, 2.45) is 11.8 Å². The molecule has 2 fully saturated rings. The molecular weight excluding hydrogens is 240 g/mol. The predicted molar refractivity (Wildman–Crippen MR) is 71.0 cm³/mol. The minimum atomic E-state index is -0.302. The van der Waals surface area contributed by atoms with Gasteiger partial charge in [0.1, 0.15) is 5.75 Å². The third-order valence-corrected chi connectivity index (χ3v) is 4.62. The normalized spacial score (nSPS) is 32.0. The monoisotopic (exact) mass is 258 g/mol. The summed E-state index contributed by atoms with van der Waals surface area (Å²) in [4.78, 5) is 14.5. The first-order chi connectivity index (χ1) is 9.31. The zero-order valence-corrected chi connectivity index (χ0v) is 10.8. The SMILES string of the molecule is O=C(C1Cc2ccccc2O1)N1C[C@H]2CNC[C@H]2C1. The number of rotatable bonds is 1. The van der Waals surface area contributed by atoms with E-state index >= 15 is 0 Å². The highest BCUT2D eigenvalue weighted by Crippen LogP contribution is 2.31. The molecule has 3 heterocycles. The van der Waals surface area contributed by atoms with Crippen LogP contribution in [0.15, 0.2) is 24.3 Å². The highest BCUT2D eigenvalue weighted by Gasteiger charge is 2.41. The molecule has 1 unspecified atom stereocenters. The van der Waals surface area contributed by atoms with Gasteiger partial charge in [-0.15, -0.1) is 0 Å². The number of nitrogens with one attached hydrogen (secondary N) is 1. The minimum absolute atomic E-state index is 0.172. The number of hydrogen-bond donors (Lipinski definition) is 1. The molecule has 0 saturated carbocycles. The maximum atomic E-state index is 12.5. The van der Waals surface area contributed by atoms with Gasteiger partial charge >= 0.3 is 0 Å². The molecule has 4 rings (SSSR count). The Hall–Kier alpha value is -1.55. The molecule has 3 aliphatic heterocycles. The van der Waals surface area contributed by atoms with Crippen molar-refractivity contribution in [2.75, 3.05) is 26.2 Å². The van der Waals surface area contributed by atoms with Crippen LogP contribution in [0, 0.1) is 11.8 Å². The number of benzene rings is 1. The van der Waals surface area contributed by atoms with Crippen molar-refractivity contribution in [3.63, 3.8) is 0 Å². The van der Waals surface area contributed by atoms with Crippen LogP contribution in [0.5, 0.6) is 5.75 Å². The van der Waals surface area contributed by atoms with Crippen LogP contribution in [-0.2, 0) is 11.2 Å². The van der Waals surface area contributed by atoms with Gasteiger partial charge in [-0.2, -0.15) is 0 Å². The summed E-state index contributed by atoms with van der Waals surface area (Å²) in [5.41, 5.74) is 1.15. The Labute approximate surface area is 112 Å². The van der Waals surface area contributed by atoms with Gasteiger partial charge in [-0.05, 0) is 23.5 Å². The average Bonchev–Trinajstić information content (AvgIpc) is 3.10. The largest absolute Gasteiger partial charge is 0.480 e. The van der Waals surface area contributed by atoms with Crippen molar-refractivity contribution in [1.82, 2.24) is 10.2 Å². The van der Waals surface area contributed by atoms with Crippen LogP contribution >= 0.6 is 0 Å². The average molecular weight is 258 g/mol. The van der Waals surface area contributed by atoms with E-state index < -0.39 is 0 Å². The smallest absolute Gasteiger partial charge is 0.264 e. The molecule has 100 valence electrons. The van der Waals surface area contributed by atoms with E-state index in [1.807, 2.05) is 29.2 Å². The molecular formula is C15H18N2O2. The Bertz CT molecular complexity index is 480. The van der Waals surface area contributed by atoms with Gasteiger partial charge in [-0.3, -0.25) is 4.79 Å². The van der Waals surface area contributed by atoms with Gasteiger partial charge in [0, 0.05) is 32.6 Å². The zero-order valence-electron chi connectivity index (χ0n) is 10.8. The van der Waals surface area contributed by atoms with Crippen LogP contribution in [0.4, 0.5) is 0 Å². The van der Waals surface area contributed by atoms with E-state index in [2.05, 4.69) is 5.32 Å². The molecule has 1 aromatic carbocycles. The molecule has 0 aliphatic carbocycles. The number of nitrogens with zero attached hydrogens (tertiary/aromatic N) is 1. The summed E-state index contributed by atoms with van der Waals surface area (Å²) in [6.07, 6.45) is 0.420. The fourth-order valence-corrected chi connectivity index (χ4v) is 3.56. The predicted octanol–water partition coefficient (Wildman–Crippen LogP) is 0.668. The summed E-state index contributed by atoms with van der Waals surface area (Å²) in [7, 11) is 0. The summed E-state index contributed by atoms with van der Waals surface area (Å²) in [5, 5.41) is 3.40. The van der Waals surface area contributed by atoms with E-state index in [0.29, 0.717) is 11.8 Å². The maximum Gasteiger partial charge on any atom is 0.264 e. The quantitative estimate of drug-likeness (QED) is 0.805. The highest BCUT2D eigenvalue weighted by atomic mass is 16.5. The highest BCUT2D eigenvalue weighted by molar-refractivity contribution is 5.83. The number of fused-ring (bicyclic) bond motifs is 2. The number of carbonyl (C=O) groups is 1. The van der Waals surface area contributed by atoms with E-state index in [-0.39, 0.29) is 12.0 Å². The second-order valence-corrected chi connectivity index (χ2v) is 5.84. The van der Waals surface area contributed by atoms with E-state index in [1.54, 1.807) is 0 Å². The number of carbonyl (C=O) groups excluding carboxylic acids is 1. The molecule has 3 aliphatic rings. The van der Waals surface area contributed by atoms with E-state index in [4.69, 9.17) is 4.74 Å². The van der Waals surface area contributed by atoms with Gasteiger partial charge in [0.15, 0.2) is 6.10 Å². The molecule has 1 aromatic rings. The Morgan fingerprint density at radius 3 is 2.68 bits per heavy atom. The molecule has 1 amide bonds. The van der Waals surface area contributed by atoms with Crippen LogP contribution in [0.2, 0.25) is 0 Å². The van der Waals surface area contributed by atoms with Crippen molar-refractivity contribution in [3.05, 3.63) is 29.8 Å². The van der Waals surface area contributed by atoms with Crippen molar-refractivity contribution in [3.8, 4) is 5.75 Å². The van der Waals surface area contributed by atoms with Gasteiger partial charge in [0.05, 0.1) is 0 Å². The molecule has 19 heavy (non-hydrogen) atoms. The number of ether oxygens (including phenoxy) is 1. The second-order valence-electron chi connectivity index (χ2n) is 5.84. The first kappa shape index (κ1) is 11.3. The second kappa shape index (κ2) is 4.23. The fraction of sp³-hybridized carbons (Fsp3) is 0.533. The van der Waals surface area contributed by atoms with Crippen LogP contribution in [-0.4, -0.2) is 43.1 Å². The van der Waals surface area contributed by atoms with Crippen molar-refractivity contribution < 1.29 is 9.53 Å². The van der Waals surface area contributed by atoms with Crippen molar-refractivity contribution >= 4 is 5.91 Å². The molecule has 0 spiro atoms. The molecule has 4 nitrogen and oxygen atoms in total. The van der Waals surface area contributed by atoms with Gasteiger partial charge in [-0.1, -0.05) is 18.2 Å². The van der Waals surface area contributed by atoms with Gasteiger partial charge < -0.3 is 15.0 Å². The molecule has 1 N–H and O–H groups in total. The lowest BCUT2D eigenvalue weighted by molar-refractivity contribution is -0.137. The molecule has 0 radical (unpaired) electrons. The minimum Gasteiger partial charge on any atom is -0.480 e. The lowest BCUT2D eigenvalue weighted by Crippen LogP contribution is -2.41. The van der Waals surface area contributed by atoms with Crippen LogP contribution in [0.3, 0.4) is 0 Å². The third-order valence-electron chi connectivity index (χ3n) is 4.62. The third kappa shape index (κ3) is 1.82. The van der Waals surface area contributed by atoms with E-state index in [0.717, 1.165) is 43.9 Å². The number of hydrogen-bond acceptors (Lipinski definition) is 3.